The third-order valence-electron chi connectivity index (χ3n) is 4.17. The van der Waals surface area contributed by atoms with E-state index in [9.17, 15) is 18.4 Å². The second-order valence-corrected chi connectivity index (χ2v) is 6.05. The number of ether oxygens (including phenoxy) is 1. The zero-order chi connectivity index (χ0) is 19.1. The van der Waals surface area contributed by atoms with Crippen molar-refractivity contribution in [1.29, 1.82) is 0 Å². The van der Waals surface area contributed by atoms with Gasteiger partial charge in [0.25, 0.3) is 5.91 Å². The first-order chi connectivity index (χ1) is 12.4. The van der Waals surface area contributed by atoms with Gasteiger partial charge >= 0.3 is 5.97 Å². The molecule has 26 heavy (non-hydrogen) atoms. The van der Waals surface area contributed by atoms with Crippen molar-refractivity contribution < 1.29 is 23.1 Å². The van der Waals surface area contributed by atoms with Gasteiger partial charge < -0.3 is 10.1 Å². The van der Waals surface area contributed by atoms with Crippen molar-refractivity contribution in [1.82, 2.24) is 0 Å². The maximum Gasteiger partial charge on any atom is 0.314 e. The average Bonchev–Trinajstić information content (AvgIpc) is 2.64. The number of nitrogens with one attached hydrogen (secondary N) is 1. The summed E-state index contributed by atoms with van der Waals surface area (Å²) in [6, 6.07) is 11.9. The van der Waals surface area contributed by atoms with Gasteiger partial charge in [-0.05, 0) is 23.6 Å². The van der Waals surface area contributed by atoms with Crippen molar-refractivity contribution in [2.75, 3.05) is 11.9 Å². The summed E-state index contributed by atoms with van der Waals surface area (Å²) in [7, 11) is 0. The van der Waals surface area contributed by atoms with Crippen LogP contribution in [0.4, 0.5) is 14.5 Å². The van der Waals surface area contributed by atoms with Gasteiger partial charge in [0.05, 0.1) is 11.6 Å². The van der Waals surface area contributed by atoms with E-state index >= 15 is 0 Å². The van der Waals surface area contributed by atoms with Crippen LogP contribution in [0.25, 0.3) is 0 Å². The third-order valence-corrected chi connectivity index (χ3v) is 4.17. The zero-order valence-corrected chi connectivity index (χ0v) is 14.7. The highest BCUT2D eigenvalue weighted by molar-refractivity contribution is 5.93. The molecule has 1 amide bonds. The van der Waals surface area contributed by atoms with Crippen LogP contribution in [-0.4, -0.2) is 18.5 Å². The van der Waals surface area contributed by atoms with E-state index < -0.39 is 36.0 Å². The van der Waals surface area contributed by atoms with Gasteiger partial charge in [0.2, 0.25) is 0 Å². The van der Waals surface area contributed by atoms with Crippen LogP contribution in [0.3, 0.4) is 0 Å². The van der Waals surface area contributed by atoms with Crippen LogP contribution in [0.2, 0.25) is 0 Å². The Labute approximate surface area is 151 Å². The largest absolute Gasteiger partial charge is 0.455 e. The lowest BCUT2D eigenvalue weighted by atomic mass is 9.86. The lowest BCUT2D eigenvalue weighted by Gasteiger charge is -2.21. The van der Waals surface area contributed by atoms with Crippen LogP contribution in [0.5, 0.6) is 0 Å². The first kappa shape index (κ1) is 19.6. The van der Waals surface area contributed by atoms with Gasteiger partial charge in [-0.2, -0.15) is 0 Å². The smallest absolute Gasteiger partial charge is 0.314 e. The number of hydrogen-bond donors (Lipinski definition) is 1. The van der Waals surface area contributed by atoms with Crippen LogP contribution >= 0.6 is 0 Å². The molecule has 2 aromatic rings. The molecular weight excluding hydrogens is 340 g/mol. The second-order valence-electron chi connectivity index (χ2n) is 6.05. The molecule has 0 aromatic heterocycles. The molecule has 0 aliphatic carbocycles. The predicted octanol–water partition coefficient (Wildman–Crippen LogP) is 4.28. The lowest BCUT2D eigenvalue weighted by Crippen LogP contribution is -2.27. The minimum Gasteiger partial charge on any atom is -0.455 e. The van der Waals surface area contributed by atoms with Gasteiger partial charge in [-0.3, -0.25) is 9.59 Å². The minimum absolute atomic E-state index is 0.0219. The summed E-state index contributed by atoms with van der Waals surface area (Å²) in [5.41, 5.74) is 0.510. The molecule has 0 saturated carbocycles. The molecule has 2 rings (SSSR count). The molecular formula is C20H21F2NO3. The van der Waals surface area contributed by atoms with Gasteiger partial charge in [0.15, 0.2) is 6.61 Å². The molecule has 0 bridgehead atoms. The lowest BCUT2D eigenvalue weighted by molar-refractivity contribution is -0.150. The van der Waals surface area contributed by atoms with E-state index in [0.29, 0.717) is 0 Å². The standard InChI is InChI=1S/C20H21F2NO3/c1-3-13(2)19(14-7-5-4-6-8-14)20(25)26-12-18(24)23-17-11-15(21)9-10-16(17)22/h4-11,13,19H,3,12H2,1-2H3,(H,23,24)/t13-,19+/m1/s1. The Morgan fingerprint density at radius 1 is 1.12 bits per heavy atom. The third kappa shape index (κ3) is 5.12. The molecule has 0 aliphatic heterocycles. The molecule has 0 saturated heterocycles. The summed E-state index contributed by atoms with van der Waals surface area (Å²) in [6.45, 7) is 3.32. The van der Waals surface area contributed by atoms with Crippen molar-refractivity contribution in [3.05, 3.63) is 65.7 Å². The Balaban J connectivity index is 2.01. The van der Waals surface area contributed by atoms with E-state index in [0.717, 1.165) is 30.2 Å². The summed E-state index contributed by atoms with van der Waals surface area (Å²) in [6.07, 6.45) is 0.759. The van der Waals surface area contributed by atoms with Gasteiger partial charge in [-0.25, -0.2) is 8.78 Å². The Morgan fingerprint density at radius 2 is 1.81 bits per heavy atom. The first-order valence-corrected chi connectivity index (χ1v) is 8.38. The number of hydrogen-bond acceptors (Lipinski definition) is 3. The SMILES string of the molecule is CC[C@@H](C)[C@H](C(=O)OCC(=O)Nc1cc(F)ccc1F)c1ccccc1. The van der Waals surface area contributed by atoms with Crippen LogP contribution in [-0.2, 0) is 14.3 Å². The van der Waals surface area contributed by atoms with Crippen LogP contribution < -0.4 is 5.32 Å². The molecule has 0 heterocycles. The van der Waals surface area contributed by atoms with Gasteiger partial charge in [-0.1, -0.05) is 50.6 Å². The summed E-state index contributed by atoms with van der Waals surface area (Å²) in [4.78, 5) is 24.4. The van der Waals surface area contributed by atoms with E-state index in [1.54, 1.807) is 0 Å². The zero-order valence-electron chi connectivity index (χ0n) is 14.7. The van der Waals surface area contributed by atoms with Crippen molar-refractivity contribution in [2.24, 2.45) is 5.92 Å². The van der Waals surface area contributed by atoms with E-state index in [2.05, 4.69) is 5.32 Å². The summed E-state index contributed by atoms with van der Waals surface area (Å²) < 4.78 is 31.8. The molecule has 2 aromatic carbocycles. The maximum atomic E-state index is 13.5. The number of carbonyl (C=O) groups is 2. The van der Waals surface area contributed by atoms with E-state index in [1.807, 2.05) is 44.2 Å². The fourth-order valence-electron chi connectivity index (χ4n) is 2.60. The quantitative estimate of drug-likeness (QED) is 0.749. The molecule has 4 nitrogen and oxygen atoms in total. The Hall–Kier alpha value is -2.76. The molecule has 0 spiro atoms. The first-order valence-electron chi connectivity index (χ1n) is 8.38. The van der Waals surface area contributed by atoms with Crippen molar-refractivity contribution >= 4 is 17.6 Å². The van der Waals surface area contributed by atoms with Crippen molar-refractivity contribution in [2.45, 2.75) is 26.2 Å². The summed E-state index contributed by atoms with van der Waals surface area (Å²) in [5.74, 6) is -3.19. The molecule has 138 valence electrons. The summed E-state index contributed by atoms with van der Waals surface area (Å²) in [5, 5.41) is 2.20. The number of esters is 1. The van der Waals surface area contributed by atoms with E-state index in [-0.39, 0.29) is 11.6 Å². The van der Waals surface area contributed by atoms with E-state index in [4.69, 9.17) is 4.74 Å². The highest BCUT2D eigenvalue weighted by atomic mass is 19.1. The molecule has 2 atom stereocenters. The van der Waals surface area contributed by atoms with Crippen molar-refractivity contribution in [3.63, 3.8) is 0 Å². The highest BCUT2D eigenvalue weighted by Crippen LogP contribution is 2.28. The molecule has 0 unspecified atom stereocenters. The second kappa shape index (κ2) is 9.08. The maximum absolute atomic E-state index is 13.5. The molecule has 1 N–H and O–H groups in total. The van der Waals surface area contributed by atoms with Gasteiger partial charge in [-0.15, -0.1) is 0 Å². The Morgan fingerprint density at radius 3 is 2.46 bits per heavy atom. The molecule has 0 fully saturated rings. The summed E-state index contributed by atoms with van der Waals surface area (Å²) >= 11 is 0. The van der Waals surface area contributed by atoms with Gasteiger partial charge in [0.1, 0.15) is 11.6 Å². The number of rotatable bonds is 7. The number of benzene rings is 2. The van der Waals surface area contributed by atoms with E-state index in [1.165, 1.54) is 0 Å². The minimum atomic E-state index is -0.771. The Bertz CT molecular complexity index is 765. The normalized spacial score (nSPS) is 12.9. The molecule has 0 aliphatic rings. The highest BCUT2D eigenvalue weighted by Gasteiger charge is 2.27. The number of amides is 1. The van der Waals surface area contributed by atoms with Crippen LogP contribution in [0, 0.1) is 17.6 Å². The van der Waals surface area contributed by atoms with Crippen LogP contribution in [0.1, 0.15) is 31.7 Å². The number of halogens is 2. The Kier molecular flexibility index (Phi) is 6.83. The fraction of sp³-hybridized carbons (Fsp3) is 0.300. The van der Waals surface area contributed by atoms with Gasteiger partial charge in [0, 0.05) is 6.07 Å². The monoisotopic (exact) mass is 361 g/mol. The molecule has 0 radical (unpaired) electrons. The average molecular weight is 361 g/mol. The molecule has 6 heteroatoms. The number of carbonyl (C=O) groups excluding carboxylic acids is 2. The van der Waals surface area contributed by atoms with Crippen molar-refractivity contribution in [3.8, 4) is 0 Å². The predicted molar refractivity (Wildman–Crippen MR) is 94.6 cm³/mol. The topological polar surface area (TPSA) is 55.4 Å². The fourth-order valence-corrected chi connectivity index (χ4v) is 2.60. The van der Waals surface area contributed by atoms with Crippen LogP contribution in [0.15, 0.2) is 48.5 Å². The number of anilines is 1.